The van der Waals surface area contributed by atoms with Crippen LogP contribution in [0.15, 0.2) is 42.6 Å². The molecule has 6 N–H and O–H groups in total. The molecular weight excluding hydrogens is 306 g/mol. The highest BCUT2D eigenvalue weighted by Crippen LogP contribution is 2.25. The molecule has 1 aromatic carbocycles. The van der Waals surface area contributed by atoms with Crippen LogP contribution in [0.2, 0.25) is 0 Å². The molecule has 2 aromatic heterocycles. The zero-order valence-electron chi connectivity index (χ0n) is 13.1. The number of nitrogens with two attached hydrogens (primary N) is 2. The summed E-state index contributed by atoms with van der Waals surface area (Å²) in [6.45, 7) is 0.985. The Morgan fingerprint density at radius 3 is 2.62 bits per heavy atom. The molecule has 0 spiro atoms. The fraction of sp³-hybridized carbons (Fsp3) is 0.188. The van der Waals surface area contributed by atoms with Crippen molar-refractivity contribution in [2.45, 2.75) is 13.1 Å². The van der Waals surface area contributed by atoms with Crippen LogP contribution in [-0.2, 0) is 13.1 Å². The second-order valence-electron chi connectivity index (χ2n) is 5.22. The molecule has 24 heavy (non-hydrogen) atoms. The van der Waals surface area contributed by atoms with Crippen molar-refractivity contribution in [3.8, 4) is 11.5 Å². The number of aliphatic hydroxyl groups is 1. The summed E-state index contributed by atoms with van der Waals surface area (Å²) in [5, 5.41) is 16.5. The van der Waals surface area contributed by atoms with E-state index in [2.05, 4.69) is 20.4 Å². The minimum atomic E-state index is 0.00966. The maximum absolute atomic E-state index is 8.96. The molecule has 124 valence electrons. The molecule has 0 unspecified atom stereocenters. The van der Waals surface area contributed by atoms with Gasteiger partial charge in [-0.3, -0.25) is 4.68 Å². The monoisotopic (exact) mass is 325 g/mol. The summed E-state index contributed by atoms with van der Waals surface area (Å²) in [6.07, 6.45) is 1.75. The van der Waals surface area contributed by atoms with Crippen molar-refractivity contribution in [1.29, 1.82) is 0 Å². The molecule has 0 saturated heterocycles. The summed E-state index contributed by atoms with van der Waals surface area (Å²) in [5.74, 6) is 1.05. The van der Waals surface area contributed by atoms with Crippen molar-refractivity contribution in [2.75, 3.05) is 23.4 Å². The molecule has 0 fully saturated rings. The van der Waals surface area contributed by atoms with Crippen molar-refractivity contribution in [2.24, 2.45) is 0 Å². The van der Waals surface area contributed by atoms with Gasteiger partial charge in [-0.15, -0.1) is 0 Å². The van der Waals surface area contributed by atoms with Gasteiger partial charge >= 0.3 is 0 Å². The topological polar surface area (TPSA) is 128 Å². The fourth-order valence-electron chi connectivity index (χ4n) is 2.23. The van der Waals surface area contributed by atoms with Crippen LogP contribution in [0.25, 0.3) is 11.5 Å². The first kappa shape index (κ1) is 15.8. The van der Waals surface area contributed by atoms with E-state index in [1.165, 1.54) is 0 Å². The van der Waals surface area contributed by atoms with Gasteiger partial charge in [0.05, 0.1) is 13.2 Å². The highest BCUT2D eigenvalue weighted by Gasteiger charge is 2.13. The Labute approximate surface area is 139 Å². The molecule has 8 nitrogen and oxygen atoms in total. The van der Waals surface area contributed by atoms with Crippen molar-refractivity contribution >= 4 is 17.3 Å². The second kappa shape index (κ2) is 6.97. The normalized spacial score (nSPS) is 10.7. The zero-order valence-corrected chi connectivity index (χ0v) is 13.1. The average molecular weight is 325 g/mol. The van der Waals surface area contributed by atoms with E-state index in [0.29, 0.717) is 36.1 Å². The number of nitrogens with one attached hydrogen (secondary N) is 1. The molecular formula is C16H19N7O. The molecule has 0 aliphatic carbocycles. The molecule has 0 amide bonds. The van der Waals surface area contributed by atoms with Crippen molar-refractivity contribution < 1.29 is 5.11 Å². The summed E-state index contributed by atoms with van der Waals surface area (Å²) in [7, 11) is 0. The quantitative estimate of drug-likeness (QED) is 0.534. The predicted molar refractivity (Wildman–Crippen MR) is 92.9 cm³/mol. The Morgan fingerprint density at radius 1 is 1.08 bits per heavy atom. The van der Waals surface area contributed by atoms with Crippen LogP contribution < -0.4 is 16.8 Å². The highest BCUT2D eigenvalue weighted by atomic mass is 16.3. The molecule has 0 aliphatic heterocycles. The first-order chi connectivity index (χ1) is 11.7. The van der Waals surface area contributed by atoms with Crippen molar-refractivity contribution in [1.82, 2.24) is 19.7 Å². The Balaban J connectivity index is 1.85. The van der Waals surface area contributed by atoms with E-state index >= 15 is 0 Å². The van der Waals surface area contributed by atoms with E-state index in [9.17, 15) is 0 Å². The van der Waals surface area contributed by atoms with Gasteiger partial charge in [-0.25, -0.2) is 9.97 Å². The largest absolute Gasteiger partial charge is 0.394 e. The van der Waals surface area contributed by atoms with Gasteiger partial charge in [0.1, 0.15) is 11.4 Å². The van der Waals surface area contributed by atoms with E-state index in [-0.39, 0.29) is 12.4 Å². The maximum Gasteiger partial charge on any atom is 0.184 e. The third-order valence-electron chi connectivity index (χ3n) is 3.48. The van der Waals surface area contributed by atoms with E-state index in [4.69, 9.17) is 16.6 Å². The van der Waals surface area contributed by atoms with Crippen LogP contribution >= 0.6 is 0 Å². The molecule has 2 heterocycles. The molecule has 0 radical (unpaired) electrons. The molecule has 0 aliphatic rings. The van der Waals surface area contributed by atoms with E-state index in [1.54, 1.807) is 16.9 Å². The van der Waals surface area contributed by atoms with E-state index < -0.39 is 0 Å². The van der Waals surface area contributed by atoms with Crippen molar-refractivity contribution in [3.63, 3.8) is 0 Å². The Hall–Kier alpha value is -3.13. The van der Waals surface area contributed by atoms with Crippen LogP contribution in [0.1, 0.15) is 5.56 Å². The summed E-state index contributed by atoms with van der Waals surface area (Å²) >= 11 is 0. The second-order valence-corrected chi connectivity index (χ2v) is 5.22. The minimum Gasteiger partial charge on any atom is -0.394 e. The molecule has 3 rings (SSSR count). The third kappa shape index (κ3) is 3.44. The summed E-state index contributed by atoms with van der Waals surface area (Å²) < 4.78 is 1.61. The standard InChI is InChI=1S/C16H19N7O/c17-13-14(18)20-15(12-6-7-23(22-12)8-9-24)21-16(13)19-10-11-4-2-1-3-5-11/h1-7,24H,8-10,17H2,(H3,18,19,20,21). The molecule has 8 heteroatoms. The lowest BCUT2D eigenvalue weighted by Gasteiger charge is -2.11. The predicted octanol–water partition coefficient (Wildman–Crippen LogP) is 1.11. The lowest BCUT2D eigenvalue weighted by molar-refractivity contribution is 0.269. The SMILES string of the molecule is Nc1nc(-c2ccn(CCO)n2)nc(NCc2ccccc2)c1N. The van der Waals surface area contributed by atoms with E-state index in [1.807, 2.05) is 30.3 Å². The number of benzene rings is 1. The van der Waals surface area contributed by atoms with Gasteiger partial charge < -0.3 is 21.9 Å². The number of anilines is 3. The van der Waals surface area contributed by atoms with Gasteiger partial charge in [0.25, 0.3) is 0 Å². The number of aliphatic hydroxyl groups excluding tert-OH is 1. The highest BCUT2D eigenvalue weighted by molar-refractivity contribution is 5.75. The van der Waals surface area contributed by atoms with Gasteiger partial charge in [0.2, 0.25) is 0 Å². The van der Waals surface area contributed by atoms with Gasteiger partial charge in [-0.05, 0) is 11.6 Å². The lowest BCUT2D eigenvalue weighted by atomic mass is 10.2. The van der Waals surface area contributed by atoms with Crippen LogP contribution in [0.4, 0.5) is 17.3 Å². The smallest absolute Gasteiger partial charge is 0.184 e. The zero-order chi connectivity index (χ0) is 16.9. The maximum atomic E-state index is 8.96. The summed E-state index contributed by atoms with van der Waals surface area (Å²) in [4.78, 5) is 8.62. The van der Waals surface area contributed by atoms with Gasteiger partial charge in [-0.2, -0.15) is 5.10 Å². The number of hydrogen-bond acceptors (Lipinski definition) is 7. The molecule has 0 bridgehead atoms. The average Bonchev–Trinajstić information content (AvgIpc) is 3.06. The minimum absolute atomic E-state index is 0.00966. The molecule has 0 atom stereocenters. The van der Waals surface area contributed by atoms with Crippen LogP contribution in [0, 0.1) is 0 Å². The Bertz CT molecular complexity index is 817. The summed E-state index contributed by atoms with van der Waals surface area (Å²) in [5.41, 5.74) is 13.9. The molecule has 0 saturated carbocycles. The first-order valence-corrected chi connectivity index (χ1v) is 7.53. The number of hydrogen-bond donors (Lipinski definition) is 4. The number of aromatic nitrogens is 4. The van der Waals surface area contributed by atoms with Crippen LogP contribution in [0.5, 0.6) is 0 Å². The lowest BCUT2D eigenvalue weighted by Crippen LogP contribution is -2.10. The number of rotatable bonds is 6. The van der Waals surface area contributed by atoms with Crippen LogP contribution in [0.3, 0.4) is 0 Å². The Kier molecular flexibility index (Phi) is 4.57. The fourth-order valence-corrected chi connectivity index (χ4v) is 2.23. The van der Waals surface area contributed by atoms with Gasteiger partial charge in [0.15, 0.2) is 17.5 Å². The van der Waals surface area contributed by atoms with Gasteiger partial charge in [0, 0.05) is 12.7 Å². The van der Waals surface area contributed by atoms with E-state index in [0.717, 1.165) is 5.56 Å². The van der Waals surface area contributed by atoms with Gasteiger partial charge in [-0.1, -0.05) is 30.3 Å². The number of nitrogens with zero attached hydrogens (tertiary/aromatic N) is 4. The summed E-state index contributed by atoms with van der Waals surface area (Å²) in [6, 6.07) is 11.7. The van der Waals surface area contributed by atoms with Crippen LogP contribution in [-0.4, -0.2) is 31.5 Å². The Morgan fingerprint density at radius 2 is 1.88 bits per heavy atom. The molecule has 3 aromatic rings. The number of nitrogen functional groups attached to an aromatic ring is 2. The third-order valence-corrected chi connectivity index (χ3v) is 3.48. The first-order valence-electron chi connectivity index (χ1n) is 7.53. The van der Waals surface area contributed by atoms with Crippen molar-refractivity contribution in [3.05, 3.63) is 48.2 Å².